The maximum atomic E-state index is 13.4. The molecule has 0 spiro atoms. The molecule has 0 heterocycles. The molecule has 2 aromatic carbocycles. The molecule has 7 nitrogen and oxygen atoms in total. The van der Waals surface area contributed by atoms with Gasteiger partial charge in [0.25, 0.3) is 0 Å². The zero-order valence-electron chi connectivity index (χ0n) is 22.8. The number of carbonyl (C=O) groups is 1. The van der Waals surface area contributed by atoms with Crippen molar-refractivity contribution in [3.05, 3.63) is 77.6 Å². The molecule has 0 fully saturated rings. The smallest absolute Gasteiger partial charge is 0.367 e. The molecule has 2 N–H and O–H groups in total. The van der Waals surface area contributed by atoms with Crippen LogP contribution in [0.1, 0.15) is 37.3 Å². The quantitative estimate of drug-likeness (QED) is 0.176. The fourth-order valence-corrected chi connectivity index (χ4v) is 5.15. The number of halogens is 7. The second-order valence-corrected chi connectivity index (χ2v) is 11.3. The monoisotopic (exact) mass is 624 g/mol. The number of alkyl halides is 6. The van der Waals surface area contributed by atoms with Gasteiger partial charge in [0.1, 0.15) is 11.7 Å². The molecule has 15 heteroatoms. The van der Waals surface area contributed by atoms with Gasteiger partial charge in [0.05, 0.1) is 16.9 Å². The second kappa shape index (κ2) is 14.6. The topological polar surface area (TPSA) is 90.9 Å². The Kier molecular flexibility index (Phi) is 12.1. The average Bonchev–Trinajstić information content (AvgIpc) is 2.88. The summed E-state index contributed by atoms with van der Waals surface area (Å²) in [6, 6.07) is 7.50. The van der Waals surface area contributed by atoms with E-state index < -0.39 is 58.7 Å². The van der Waals surface area contributed by atoms with Gasteiger partial charge in [-0.05, 0) is 60.9 Å². The fraction of sp³-hybridized carbons (Fsp3) is 0.407. The van der Waals surface area contributed by atoms with E-state index in [1.54, 1.807) is 6.92 Å². The highest BCUT2D eigenvalue weighted by atomic mass is 32.2. The highest BCUT2D eigenvalue weighted by Gasteiger charge is 2.31. The van der Waals surface area contributed by atoms with Gasteiger partial charge in [0.2, 0.25) is 15.9 Å². The normalized spacial score (nSPS) is 13.6. The molecule has 0 saturated carbocycles. The van der Waals surface area contributed by atoms with E-state index in [1.807, 2.05) is 0 Å². The van der Waals surface area contributed by atoms with Gasteiger partial charge in [-0.2, -0.15) is 30.6 Å². The number of hydrogen-bond acceptors (Lipinski definition) is 4. The summed E-state index contributed by atoms with van der Waals surface area (Å²) in [7, 11) is -2.82. The Morgan fingerprint density at radius 2 is 1.62 bits per heavy atom. The van der Waals surface area contributed by atoms with Crippen molar-refractivity contribution in [1.82, 2.24) is 14.9 Å². The van der Waals surface area contributed by atoms with Crippen LogP contribution in [0.3, 0.4) is 0 Å². The van der Waals surface area contributed by atoms with E-state index in [9.17, 15) is 43.9 Å². The summed E-state index contributed by atoms with van der Waals surface area (Å²) in [5, 5.41) is 5.11. The molecule has 2 rings (SSSR count). The lowest BCUT2D eigenvalue weighted by Gasteiger charge is -2.24. The zero-order chi connectivity index (χ0) is 31.7. The highest BCUT2D eigenvalue weighted by Crippen LogP contribution is 2.29. The highest BCUT2D eigenvalue weighted by molar-refractivity contribution is 7.89. The van der Waals surface area contributed by atoms with E-state index >= 15 is 0 Å². The lowest BCUT2D eigenvalue weighted by molar-refractivity contribution is -0.138. The molecule has 0 aliphatic rings. The van der Waals surface area contributed by atoms with Crippen molar-refractivity contribution in [1.29, 1.82) is 0 Å². The largest absolute Gasteiger partial charge is 0.416 e. The number of aliphatic imine (C=N–C) groups is 1. The number of nitrogens with zero attached hydrogens (tertiary/aromatic N) is 2. The van der Waals surface area contributed by atoms with Crippen LogP contribution < -0.4 is 10.6 Å². The standard InChI is InChI=1S/C27H31F7N4O3S/c1-18(25(35-3)37-19(2)16-24(39)36-14-13-26(29,30)31)12-15-38(42(40,41)23-10-8-22(28)9-11-23)17-20-4-6-21(7-5-20)27(32,33)34/h4-11,19H,1,12-17H2,2-3H3,(H,35,37)(H,36,39). The van der Waals surface area contributed by atoms with Gasteiger partial charge < -0.3 is 10.6 Å². The molecule has 1 amide bonds. The molecule has 0 aromatic heterocycles. The molecule has 0 bridgehead atoms. The Balaban J connectivity index is 2.13. The van der Waals surface area contributed by atoms with Crippen molar-refractivity contribution < 1.29 is 43.9 Å². The fourth-order valence-electron chi connectivity index (χ4n) is 3.72. The molecule has 0 radical (unpaired) electrons. The number of benzene rings is 2. The molecule has 42 heavy (non-hydrogen) atoms. The second-order valence-electron chi connectivity index (χ2n) is 9.38. The summed E-state index contributed by atoms with van der Waals surface area (Å²) in [5.41, 5.74) is -0.300. The number of hydrogen-bond donors (Lipinski definition) is 2. The van der Waals surface area contributed by atoms with Crippen molar-refractivity contribution in [2.45, 2.75) is 56.0 Å². The van der Waals surface area contributed by atoms with Crippen molar-refractivity contribution >= 4 is 21.8 Å². The van der Waals surface area contributed by atoms with Crippen LogP contribution in [0.15, 0.2) is 70.6 Å². The number of sulfonamides is 1. The van der Waals surface area contributed by atoms with E-state index in [1.165, 1.54) is 7.05 Å². The Labute approximate surface area is 239 Å². The number of nitrogens with one attached hydrogen (secondary N) is 2. The number of carbonyl (C=O) groups excluding carboxylic acids is 1. The van der Waals surface area contributed by atoms with Crippen molar-refractivity contribution in [2.75, 3.05) is 20.1 Å². The zero-order valence-corrected chi connectivity index (χ0v) is 23.6. The maximum absolute atomic E-state index is 13.4. The summed E-state index contributed by atoms with van der Waals surface area (Å²) in [5.74, 6) is -1.05. The third-order valence-electron chi connectivity index (χ3n) is 5.92. The van der Waals surface area contributed by atoms with Crippen molar-refractivity contribution in [3.8, 4) is 0 Å². The molecule has 232 valence electrons. The van der Waals surface area contributed by atoms with Crippen molar-refractivity contribution in [3.63, 3.8) is 0 Å². The van der Waals surface area contributed by atoms with Crippen LogP contribution in [0.25, 0.3) is 0 Å². The lowest BCUT2D eigenvalue weighted by Crippen LogP contribution is -2.39. The van der Waals surface area contributed by atoms with Gasteiger partial charge in [0.15, 0.2) is 0 Å². The van der Waals surface area contributed by atoms with Gasteiger partial charge in [-0.1, -0.05) is 18.7 Å². The lowest BCUT2D eigenvalue weighted by atomic mass is 10.1. The van der Waals surface area contributed by atoms with Crippen LogP contribution in [0.2, 0.25) is 0 Å². The van der Waals surface area contributed by atoms with E-state index in [0.29, 0.717) is 5.57 Å². The molecule has 1 atom stereocenters. The first-order valence-electron chi connectivity index (χ1n) is 12.6. The van der Waals surface area contributed by atoms with Crippen LogP contribution in [-0.4, -0.2) is 56.8 Å². The van der Waals surface area contributed by atoms with Gasteiger partial charge in [-0.15, -0.1) is 0 Å². The number of amidine groups is 1. The average molecular weight is 625 g/mol. The summed E-state index contributed by atoms with van der Waals surface area (Å²) in [4.78, 5) is 15.8. The molecular weight excluding hydrogens is 593 g/mol. The van der Waals surface area contributed by atoms with Crippen LogP contribution in [0.5, 0.6) is 0 Å². The molecule has 2 aromatic rings. The minimum Gasteiger partial charge on any atom is -0.367 e. The number of amides is 1. The summed E-state index contributed by atoms with van der Waals surface area (Å²) in [6.07, 6.45) is -10.3. The first-order chi connectivity index (χ1) is 19.4. The van der Waals surface area contributed by atoms with E-state index in [2.05, 4.69) is 22.2 Å². The summed E-state index contributed by atoms with van der Waals surface area (Å²) in [6.45, 7) is 4.45. The SMILES string of the molecule is C=C(CCN(Cc1ccc(C(F)(F)F)cc1)S(=O)(=O)c1ccc(F)cc1)C(=NC)NC(C)CC(=O)NCCC(F)(F)F. The Bertz CT molecular complexity index is 1340. The van der Waals surface area contributed by atoms with E-state index in [4.69, 9.17) is 0 Å². The minimum absolute atomic E-state index is 0.00519. The van der Waals surface area contributed by atoms with Crippen molar-refractivity contribution in [2.24, 2.45) is 4.99 Å². The molecule has 0 aliphatic carbocycles. The van der Waals surface area contributed by atoms with Gasteiger partial charge in [-0.25, -0.2) is 12.8 Å². The predicted molar refractivity (Wildman–Crippen MR) is 143 cm³/mol. The predicted octanol–water partition coefficient (Wildman–Crippen LogP) is 5.45. The van der Waals surface area contributed by atoms with Crippen LogP contribution in [0.4, 0.5) is 30.7 Å². The van der Waals surface area contributed by atoms with Crippen LogP contribution in [-0.2, 0) is 27.5 Å². The Morgan fingerprint density at radius 1 is 1.02 bits per heavy atom. The molecule has 0 aliphatic heterocycles. The first-order valence-corrected chi connectivity index (χ1v) is 14.0. The van der Waals surface area contributed by atoms with E-state index in [0.717, 1.165) is 52.8 Å². The van der Waals surface area contributed by atoms with Gasteiger partial charge in [0, 0.05) is 39.1 Å². The van der Waals surface area contributed by atoms with Crippen LogP contribution in [0, 0.1) is 5.82 Å². The third kappa shape index (κ3) is 11.1. The maximum Gasteiger partial charge on any atom is 0.416 e. The Morgan fingerprint density at radius 3 is 2.14 bits per heavy atom. The third-order valence-corrected chi connectivity index (χ3v) is 7.78. The molecule has 0 saturated heterocycles. The number of rotatable bonds is 13. The van der Waals surface area contributed by atoms with Crippen LogP contribution >= 0.6 is 0 Å². The first kappa shape index (κ1) is 34.7. The molecule has 1 unspecified atom stereocenters. The Hall–Kier alpha value is -3.46. The summed E-state index contributed by atoms with van der Waals surface area (Å²) < 4.78 is 117. The minimum atomic E-state index is -4.57. The molecular formula is C27H31F7N4O3S. The van der Waals surface area contributed by atoms with Gasteiger partial charge >= 0.3 is 12.4 Å². The van der Waals surface area contributed by atoms with Gasteiger partial charge in [-0.3, -0.25) is 9.79 Å². The summed E-state index contributed by atoms with van der Waals surface area (Å²) >= 11 is 0. The van der Waals surface area contributed by atoms with E-state index in [-0.39, 0.29) is 42.2 Å².